The number of nitrogens with one attached hydrogen (secondary N) is 1. The molecule has 100 valence electrons. The van der Waals surface area contributed by atoms with E-state index in [1.807, 2.05) is 30.3 Å². The third kappa shape index (κ3) is 2.43. The predicted octanol–water partition coefficient (Wildman–Crippen LogP) is 4.50. The highest BCUT2D eigenvalue weighted by molar-refractivity contribution is 9.11. The van der Waals surface area contributed by atoms with Gasteiger partial charge in [-0.2, -0.15) is 0 Å². The summed E-state index contributed by atoms with van der Waals surface area (Å²) in [6.45, 7) is 0. The van der Waals surface area contributed by atoms with E-state index in [1.54, 1.807) is 17.8 Å². The molecule has 1 amide bonds. The molecule has 0 aliphatic carbocycles. The Morgan fingerprint density at radius 3 is 2.45 bits per heavy atom. The number of hydrogen-bond acceptors (Lipinski definition) is 3. The van der Waals surface area contributed by atoms with Crippen molar-refractivity contribution in [2.45, 2.75) is 9.79 Å². The fourth-order valence-electron chi connectivity index (χ4n) is 1.87. The zero-order chi connectivity index (χ0) is 14.3. The second kappa shape index (κ2) is 5.35. The summed E-state index contributed by atoms with van der Waals surface area (Å²) in [4.78, 5) is 25.0. The van der Waals surface area contributed by atoms with E-state index in [1.165, 1.54) is 0 Å². The van der Waals surface area contributed by atoms with E-state index in [0.29, 0.717) is 11.3 Å². The molecule has 3 nitrogen and oxygen atoms in total. The van der Waals surface area contributed by atoms with Gasteiger partial charge in [-0.25, -0.2) is 0 Å². The van der Waals surface area contributed by atoms with Crippen LogP contribution in [0.2, 0.25) is 0 Å². The topological polar surface area (TPSA) is 46.2 Å². The Bertz CT molecular complexity index is 746. The molecule has 1 heterocycles. The molecule has 0 spiro atoms. The summed E-state index contributed by atoms with van der Waals surface area (Å²) in [6, 6.07) is 11.4. The zero-order valence-electron chi connectivity index (χ0n) is 9.94. The fraction of sp³-hybridized carbons (Fsp3) is 0. The summed E-state index contributed by atoms with van der Waals surface area (Å²) in [5, 5.41) is 2.58. The van der Waals surface area contributed by atoms with E-state index in [0.717, 1.165) is 18.7 Å². The van der Waals surface area contributed by atoms with Gasteiger partial charge in [0.1, 0.15) is 0 Å². The normalized spacial score (nSPS) is 13.3. The molecule has 20 heavy (non-hydrogen) atoms. The van der Waals surface area contributed by atoms with Crippen molar-refractivity contribution in [1.29, 1.82) is 0 Å². The molecule has 0 saturated heterocycles. The number of anilines is 1. The highest BCUT2D eigenvalue weighted by Crippen LogP contribution is 2.40. The summed E-state index contributed by atoms with van der Waals surface area (Å²) in [5.74, 6) is -1.06. The van der Waals surface area contributed by atoms with E-state index >= 15 is 0 Å². The van der Waals surface area contributed by atoms with Gasteiger partial charge >= 0.3 is 0 Å². The molecule has 2 aromatic carbocycles. The van der Waals surface area contributed by atoms with Crippen LogP contribution >= 0.6 is 43.6 Å². The second-order valence-electron chi connectivity index (χ2n) is 4.14. The van der Waals surface area contributed by atoms with Crippen molar-refractivity contribution in [3.8, 4) is 0 Å². The minimum atomic E-state index is -0.574. The standard InChI is InChI=1S/C14H7Br2NO2S/c15-8-3-1-2-4-11(8)20-12-6-10-7(5-9(12)16)13(18)14(19)17-10/h1-6H,(H,17,18,19). The highest BCUT2D eigenvalue weighted by atomic mass is 79.9. The van der Waals surface area contributed by atoms with Crippen molar-refractivity contribution < 1.29 is 9.59 Å². The lowest BCUT2D eigenvalue weighted by Gasteiger charge is -2.08. The number of carbonyl (C=O) groups is 2. The Hall–Kier alpha value is -1.11. The van der Waals surface area contributed by atoms with Gasteiger partial charge in [-0.15, -0.1) is 0 Å². The van der Waals surface area contributed by atoms with Crippen LogP contribution in [-0.4, -0.2) is 11.7 Å². The van der Waals surface area contributed by atoms with Crippen LogP contribution in [0.1, 0.15) is 10.4 Å². The number of fused-ring (bicyclic) bond motifs is 1. The largest absolute Gasteiger partial charge is 0.318 e. The Balaban J connectivity index is 2.01. The molecule has 0 fully saturated rings. The van der Waals surface area contributed by atoms with Crippen molar-refractivity contribution in [1.82, 2.24) is 0 Å². The monoisotopic (exact) mass is 411 g/mol. The van der Waals surface area contributed by atoms with Crippen LogP contribution in [0.4, 0.5) is 5.69 Å². The number of amides is 1. The molecule has 0 saturated carbocycles. The van der Waals surface area contributed by atoms with E-state index in [2.05, 4.69) is 37.2 Å². The molecule has 1 aliphatic rings. The van der Waals surface area contributed by atoms with Gasteiger partial charge in [0.05, 0.1) is 11.3 Å². The maximum Gasteiger partial charge on any atom is 0.296 e. The zero-order valence-corrected chi connectivity index (χ0v) is 13.9. The number of rotatable bonds is 2. The number of Topliss-reactive ketones (excluding diaryl/α,β-unsaturated/α-hetero) is 1. The van der Waals surface area contributed by atoms with Gasteiger partial charge in [-0.3, -0.25) is 9.59 Å². The minimum Gasteiger partial charge on any atom is -0.318 e. The van der Waals surface area contributed by atoms with Crippen LogP contribution in [0, 0.1) is 0 Å². The molecular weight excluding hydrogens is 406 g/mol. The van der Waals surface area contributed by atoms with Gasteiger partial charge in [0.25, 0.3) is 11.7 Å². The Morgan fingerprint density at radius 1 is 0.950 bits per heavy atom. The third-order valence-corrected chi connectivity index (χ3v) is 5.83. The van der Waals surface area contributed by atoms with E-state index in [9.17, 15) is 9.59 Å². The SMILES string of the molecule is O=C1Nc2cc(Sc3ccccc3Br)c(Br)cc2C1=O. The molecule has 0 radical (unpaired) electrons. The number of carbonyl (C=O) groups excluding carboxylic acids is 2. The lowest BCUT2D eigenvalue weighted by molar-refractivity contribution is -0.112. The van der Waals surface area contributed by atoms with Crippen LogP contribution in [0.25, 0.3) is 0 Å². The summed E-state index contributed by atoms with van der Waals surface area (Å²) in [6.07, 6.45) is 0. The molecule has 0 aromatic heterocycles. The van der Waals surface area contributed by atoms with Crippen molar-refractivity contribution in [2.24, 2.45) is 0 Å². The minimum absolute atomic E-state index is 0.415. The first kappa shape index (κ1) is 13.9. The lowest BCUT2D eigenvalue weighted by atomic mass is 10.1. The van der Waals surface area contributed by atoms with Crippen molar-refractivity contribution in [2.75, 3.05) is 5.32 Å². The molecule has 2 aromatic rings. The summed E-state index contributed by atoms with van der Waals surface area (Å²) in [5.41, 5.74) is 0.983. The maximum atomic E-state index is 11.6. The van der Waals surface area contributed by atoms with Gasteiger partial charge in [0.2, 0.25) is 0 Å². The van der Waals surface area contributed by atoms with Crippen LogP contribution in [0.15, 0.2) is 55.1 Å². The molecule has 0 atom stereocenters. The summed E-state index contributed by atoms with van der Waals surface area (Å²) >= 11 is 8.50. The molecule has 1 aliphatic heterocycles. The average molecular weight is 413 g/mol. The smallest absolute Gasteiger partial charge is 0.296 e. The molecule has 0 bridgehead atoms. The first-order valence-electron chi connectivity index (χ1n) is 5.68. The first-order valence-corrected chi connectivity index (χ1v) is 8.08. The molecule has 1 N–H and O–H groups in total. The van der Waals surface area contributed by atoms with E-state index in [-0.39, 0.29) is 0 Å². The lowest BCUT2D eigenvalue weighted by Crippen LogP contribution is -2.12. The number of ketones is 1. The van der Waals surface area contributed by atoms with Crippen LogP contribution in [-0.2, 0) is 4.79 Å². The molecule has 6 heteroatoms. The van der Waals surface area contributed by atoms with Gasteiger partial charge < -0.3 is 5.32 Å². The van der Waals surface area contributed by atoms with Crippen LogP contribution in [0.5, 0.6) is 0 Å². The number of hydrogen-bond donors (Lipinski definition) is 1. The molecule has 3 rings (SSSR count). The van der Waals surface area contributed by atoms with E-state index < -0.39 is 11.7 Å². The van der Waals surface area contributed by atoms with Gasteiger partial charge in [0, 0.05) is 18.7 Å². The maximum absolute atomic E-state index is 11.6. The van der Waals surface area contributed by atoms with Crippen molar-refractivity contribution >= 4 is 61.0 Å². The first-order chi connectivity index (χ1) is 9.56. The van der Waals surface area contributed by atoms with Crippen molar-refractivity contribution in [3.63, 3.8) is 0 Å². The van der Waals surface area contributed by atoms with Gasteiger partial charge in [0.15, 0.2) is 0 Å². The molecular formula is C14H7Br2NO2S. The average Bonchev–Trinajstić information content (AvgIpc) is 2.69. The molecule has 0 unspecified atom stereocenters. The Morgan fingerprint density at radius 2 is 1.70 bits per heavy atom. The summed E-state index contributed by atoms with van der Waals surface area (Å²) in [7, 11) is 0. The summed E-state index contributed by atoms with van der Waals surface area (Å²) < 4.78 is 1.79. The van der Waals surface area contributed by atoms with Crippen LogP contribution < -0.4 is 5.32 Å². The van der Waals surface area contributed by atoms with Crippen LogP contribution in [0.3, 0.4) is 0 Å². The van der Waals surface area contributed by atoms with Gasteiger partial charge in [-0.05, 0) is 56.1 Å². The predicted molar refractivity (Wildman–Crippen MR) is 85.4 cm³/mol. The van der Waals surface area contributed by atoms with Crippen molar-refractivity contribution in [3.05, 3.63) is 50.9 Å². The number of benzene rings is 2. The third-order valence-electron chi connectivity index (χ3n) is 2.83. The number of halogens is 2. The Kier molecular flexibility index (Phi) is 3.70. The van der Waals surface area contributed by atoms with Gasteiger partial charge in [-0.1, -0.05) is 23.9 Å². The fourth-order valence-corrected chi connectivity index (χ4v) is 3.87. The second-order valence-corrected chi connectivity index (χ2v) is 6.94. The quantitative estimate of drug-likeness (QED) is 0.738. The van der Waals surface area contributed by atoms with E-state index in [4.69, 9.17) is 0 Å². The Labute approximate surface area is 136 Å². The highest BCUT2D eigenvalue weighted by Gasteiger charge is 2.29.